The number of hydrogen-bond acceptors (Lipinski definition) is 5. The van der Waals surface area contributed by atoms with Crippen LogP contribution < -0.4 is 15.8 Å². The van der Waals surface area contributed by atoms with Gasteiger partial charge >= 0.3 is 0 Å². The van der Waals surface area contributed by atoms with Crippen LogP contribution in [0.4, 0.5) is 0 Å². The van der Waals surface area contributed by atoms with Crippen LogP contribution >= 0.6 is 0 Å². The maximum Gasteiger partial charge on any atom is 0.252 e. The number of benzene rings is 1. The fraction of sp³-hybridized carbons (Fsp3) is 0.353. The molecule has 6 heteroatoms. The fourth-order valence-electron chi connectivity index (χ4n) is 2.56. The fourth-order valence-corrected chi connectivity index (χ4v) is 2.56. The Morgan fingerprint density at radius 3 is 2.52 bits per heavy atom. The van der Waals surface area contributed by atoms with Crippen LogP contribution in [0.25, 0.3) is 11.3 Å². The summed E-state index contributed by atoms with van der Waals surface area (Å²) >= 11 is 0. The first-order valence-corrected chi connectivity index (χ1v) is 7.85. The molecule has 1 amide bonds. The SMILES string of the molecule is NC(=O)c1cnc(C2CC2)nc1-c1ccc(OC2CNC2)cc1. The Hall–Kier alpha value is -2.47. The highest BCUT2D eigenvalue weighted by molar-refractivity contribution is 5.98. The zero-order valence-corrected chi connectivity index (χ0v) is 12.7. The quantitative estimate of drug-likeness (QED) is 0.873. The van der Waals surface area contributed by atoms with E-state index in [1.165, 1.54) is 0 Å². The summed E-state index contributed by atoms with van der Waals surface area (Å²) in [6.45, 7) is 1.76. The maximum absolute atomic E-state index is 11.7. The molecule has 0 radical (unpaired) electrons. The standard InChI is InChI=1S/C17H18N4O2/c18-16(22)14-9-20-17(11-1-2-11)21-15(14)10-3-5-12(6-4-10)23-13-7-19-8-13/h3-6,9,11,13,19H,1-2,7-8H2,(H2,18,22). The first-order valence-electron chi connectivity index (χ1n) is 7.85. The van der Waals surface area contributed by atoms with E-state index in [2.05, 4.69) is 15.3 Å². The number of nitrogens with two attached hydrogens (primary N) is 1. The number of primary amides is 1. The average molecular weight is 310 g/mol. The normalized spacial score (nSPS) is 17.6. The van der Waals surface area contributed by atoms with E-state index in [-0.39, 0.29) is 6.10 Å². The second-order valence-corrected chi connectivity index (χ2v) is 6.05. The number of carbonyl (C=O) groups excluding carboxylic acids is 1. The summed E-state index contributed by atoms with van der Waals surface area (Å²) in [4.78, 5) is 20.5. The Kier molecular flexibility index (Phi) is 3.46. The Morgan fingerprint density at radius 1 is 1.22 bits per heavy atom. The van der Waals surface area contributed by atoms with Crippen molar-refractivity contribution in [3.8, 4) is 17.0 Å². The molecule has 1 aliphatic carbocycles. The predicted molar refractivity (Wildman–Crippen MR) is 85.2 cm³/mol. The van der Waals surface area contributed by atoms with Crippen LogP contribution in [0.5, 0.6) is 5.75 Å². The van der Waals surface area contributed by atoms with Crippen LogP contribution in [0, 0.1) is 0 Å². The second kappa shape index (κ2) is 5.62. The van der Waals surface area contributed by atoms with Gasteiger partial charge in [0.25, 0.3) is 5.91 Å². The van der Waals surface area contributed by atoms with Gasteiger partial charge in [0, 0.05) is 30.8 Å². The van der Waals surface area contributed by atoms with E-state index >= 15 is 0 Å². The van der Waals surface area contributed by atoms with Crippen LogP contribution in [0.3, 0.4) is 0 Å². The topological polar surface area (TPSA) is 90.1 Å². The predicted octanol–water partition coefficient (Wildman–Crippen LogP) is 1.47. The van der Waals surface area contributed by atoms with Crippen molar-refractivity contribution >= 4 is 5.91 Å². The first kappa shape index (κ1) is 14.1. The summed E-state index contributed by atoms with van der Waals surface area (Å²) in [5.74, 6) is 1.52. The van der Waals surface area contributed by atoms with Gasteiger partial charge in [0.1, 0.15) is 17.7 Å². The summed E-state index contributed by atoms with van der Waals surface area (Å²) < 4.78 is 5.80. The Bertz CT molecular complexity index is 737. The molecular formula is C17H18N4O2. The lowest BCUT2D eigenvalue weighted by Gasteiger charge is -2.27. The van der Waals surface area contributed by atoms with E-state index in [1.807, 2.05) is 24.3 Å². The van der Waals surface area contributed by atoms with Gasteiger partial charge in [-0.05, 0) is 37.1 Å². The zero-order valence-electron chi connectivity index (χ0n) is 12.7. The number of hydrogen-bond donors (Lipinski definition) is 2. The molecule has 2 aromatic rings. The Labute approximate surface area is 134 Å². The van der Waals surface area contributed by atoms with Gasteiger partial charge in [-0.3, -0.25) is 4.79 Å². The van der Waals surface area contributed by atoms with E-state index in [0.29, 0.717) is 17.2 Å². The third kappa shape index (κ3) is 2.90. The van der Waals surface area contributed by atoms with E-state index in [4.69, 9.17) is 10.5 Å². The maximum atomic E-state index is 11.7. The molecule has 6 nitrogen and oxygen atoms in total. The van der Waals surface area contributed by atoms with Crippen LogP contribution in [0.2, 0.25) is 0 Å². The summed E-state index contributed by atoms with van der Waals surface area (Å²) in [5.41, 5.74) is 7.27. The summed E-state index contributed by atoms with van der Waals surface area (Å²) in [5, 5.41) is 3.17. The van der Waals surface area contributed by atoms with Gasteiger partial charge in [0.15, 0.2) is 0 Å². The van der Waals surface area contributed by atoms with E-state index < -0.39 is 5.91 Å². The molecule has 4 rings (SSSR count). The molecule has 1 aliphatic heterocycles. The van der Waals surface area contributed by atoms with Crippen LogP contribution in [0.1, 0.15) is 34.9 Å². The second-order valence-electron chi connectivity index (χ2n) is 6.05. The molecule has 1 aromatic heterocycles. The molecule has 1 saturated heterocycles. The molecule has 0 spiro atoms. The number of nitrogens with zero attached hydrogens (tertiary/aromatic N) is 2. The van der Waals surface area contributed by atoms with Gasteiger partial charge in [0.05, 0.1) is 11.3 Å². The molecule has 1 aromatic carbocycles. The molecule has 1 saturated carbocycles. The number of amides is 1. The van der Waals surface area contributed by atoms with Gasteiger partial charge in [-0.25, -0.2) is 9.97 Å². The molecule has 2 heterocycles. The van der Waals surface area contributed by atoms with Crippen molar-refractivity contribution in [1.82, 2.24) is 15.3 Å². The lowest BCUT2D eigenvalue weighted by Crippen LogP contribution is -2.50. The molecule has 2 aliphatic rings. The molecule has 118 valence electrons. The van der Waals surface area contributed by atoms with E-state index in [0.717, 1.165) is 43.1 Å². The lowest BCUT2D eigenvalue weighted by molar-refractivity contribution is 0.1000. The third-order valence-corrected chi connectivity index (χ3v) is 4.19. The summed E-state index contributed by atoms with van der Waals surface area (Å²) in [6.07, 6.45) is 4.00. The first-order chi connectivity index (χ1) is 11.2. The van der Waals surface area contributed by atoms with Crippen molar-refractivity contribution in [3.05, 3.63) is 41.9 Å². The number of rotatable bonds is 5. The highest BCUT2D eigenvalue weighted by Gasteiger charge is 2.28. The monoisotopic (exact) mass is 310 g/mol. The third-order valence-electron chi connectivity index (χ3n) is 4.19. The Balaban J connectivity index is 1.64. The summed E-state index contributed by atoms with van der Waals surface area (Å²) in [7, 11) is 0. The van der Waals surface area contributed by atoms with Gasteiger partial charge in [0.2, 0.25) is 0 Å². The molecular weight excluding hydrogens is 292 g/mol. The van der Waals surface area contributed by atoms with Crippen LogP contribution in [-0.2, 0) is 0 Å². The lowest BCUT2D eigenvalue weighted by atomic mass is 10.1. The van der Waals surface area contributed by atoms with Gasteiger partial charge in [-0.15, -0.1) is 0 Å². The number of carbonyl (C=O) groups is 1. The highest BCUT2D eigenvalue weighted by Crippen LogP contribution is 2.39. The smallest absolute Gasteiger partial charge is 0.252 e. The van der Waals surface area contributed by atoms with Crippen molar-refractivity contribution in [2.45, 2.75) is 24.9 Å². The number of nitrogens with one attached hydrogen (secondary N) is 1. The van der Waals surface area contributed by atoms with Crippen LogP contribution in [0.15, 0.2) is 30.5 Å². The highest BCUT2D eigenvalue weighted by atomic mass is 16.5. The largest absolute Gasteiger partial charge is 0.488 e. The molecule has 0 atom stereocenters. The van der Waals surface area contributed by atoms with Gasteiger partial charge in [-0.2, -0.15) is 0 Å². The zero-order chi connectivity index (χ0) is 15.8. The van der Waals surface area contributed by atoms with Crippen molar-refractivity contribution in [2.75, 3.05) is 13.1 Å². The summed E-state index contributed by atoms with van der Waals surface area (Å²) in [6, 6.07) is 7.62. The van der Waals surface area contributed by atoms with Crippen LogP contribution in [-0.4, -0.2) is 35.1 Å². The molecule has 0 unspecified atom stereocenters. The minimum atomic E-state index is -0.511. The van der Waals surface area contributed by atoms with Crippen molar-refractivity contribution < 1.29 is 9.53 Å². The molecule has 2 fully saturated rings. The molecule has 0 bridgehead atoms. The molecule has 23 heavy (non-hydrogen) atoms. The van der Waals surface area contributed by atoms with E-state index in [9.17, 15) is 4.79 Å². The van der Waals surface area contributed by atoms with Gasteiger partial charge < -0.3 is 15.8 Å². The van der Waals surface area contributed by atoms with E-state index in [1.54, 1.807) is 6.20 Å². The Morgan fingerprint density at radius 2 is 1.96 bits per heavy atom. The number of ether oxygens (including phenoxy) is 1. The van der Waals surface area contributed by atoms with Crippen molar-refractivity contribution in [1.29, 1.82) is 0 Å². The molecule has 3 N–H and O–H groups in total. The van der Waals surface area contributed by atoms with Crippen molar-refractivity contribution in [3.63, 3.8) is 0 Å². The number of aromatic nitrogens is 2. The van der Waals surface area contributed by atoms with Gasteiger partial charge in [-0.1, -0.05) is 0 Å². The minimum absolute atomic E-state index is 0.238. The average Bonchev–Trinajstić information content (AvgIpc) is 3.36. The minimum Gasteiger partial charge on any atom is -0.488 e. The van der Waals surface area contributed by atoms with Crippen molar-refractivity contribution in [2.24, 2.45) is 5.73 Å².